The lowest BCUT2D eigenvalue weighted by Gasteiger charge is -2.08. The maximum Gasteiger partial charge on any atom is 0.305 e. The third-order valence-electron chi connectivity index (χ3n) is 1.69. The minimum Gasteiger partial charge on any atom is -0.481 e. The number of carbonyl (C=O) groups is 1. The van der Waals surface area contributed by atoms with E-state index in [0.29, 0.717) is 5.02 Å². The van der Waals surface area contributed by atoms with Crippen molar-refractivity contribution in [2.24, 2.45) is 5.73 Å². The molecule has 1 atom stereocenters. The van der Waals surface area contributed by atoms with Crippen LogP contribution in [0.1, 0.15) is 18.0 Å². The Morgan fingerprint density at radius 2 is 1.93 bits per heavy atom. The van der Waals surface area contributed by atoms with Crippen molar-refractivity contribution < 1.29 is 9.90 Å². The number of nitrogens with two attached hydrogens (primary N) is 1. The maximum absolute atomic E-state index is 10.3. The van der Waals surface area contributed by atoms with Crippen LogP contribution in [0.3, 0.4) is 0 Å². The molecule has 0 bridgehead atoms. The molecule has 0 amide bonds. The third kappa shape index (κ3) is 3.96. The normalized spacial score (nSPS) is 11.6. The molecule has 0 aliphatic heterocycles. The van der Waals surface area contributed by atoms with E-state index in [1.54, 1.807) is 24.3 Å². The highest BCUT2D eigenvalue weighted by molar-refractivity contribution is 6.30. The van der Waals surface area contributed by atoms with E-state index in [-0.39, 0.29) is 18.8 Å². The molecule has 0 radical (unpaired) electrons. The molecule has 1 unspecified atom stereocenters. The van der Waals surface area contributed by atoms with Crippen LogP contribution in [0.5, 0.6) is 0 Å². The van der Waals surface area contributed by atoms with E-state index in [1.807, 2.05) is 0 Å². The van der Waals surface area contributed by atoms with Crippen LogP contribution in [0.2, 0.25) is 5.02 Å². The minimum atomic E-state index is -0.901. The molecule has 78 valence electrons. The molecule has 0 saturated heterocycles. The van der Waals surface area contributed by atoms with E-state index in [0.717, 1.165) is 5.56 Å². The topological polar surface area (TPSA) is 63.3 Å². The molecule has 0 aromatic heterocycles. The van der Waals surface area contributed by atoms with Gasteiger partial charge in [-0.25, -0.2) is 0 Å². The molecule has 0 aliphatic carbocycles. The van der Waals surface area contributed by atoms with E-state index in [1.165, 1.54) is 0 Å². The first-order chi connectivity index (χ1) is 6.09. The van der Waals surface area contributed by atoms with E-state index in [2.05, 4.69) is 0 Å². The molecule has 1 aromatic carbocycles. The quantitative estimate of drug-likeness (QED) is 0.845. The van der Waals surface area contributed by atoms with Crippen molar-refractivity contribution in [1.29, 1.82) is 0 Å². The number of carboxylic acids is 1. The molecular weight excluding hydrogens is 225 g/mol. The monoisotopic (exact) mass is 235 g/mol. The van der Waals surface area contributed by atoms with Gasteiger partial charge in [0.1, 0.15) is 0 Å². The van der Waals surface area contributed by atoms with Crippen molar-refractivity contribution in [1.82, 2.24) is 0 Å². The van der Waals surface area contributed by atoms with E-state index in [4.69, 9.17) is 22.4 Å². The van der Waals surface area contributed by atoms with Crippen LogP contribution in [0, 0.1) is 0 Å². The van der Waals surface area contributed by atoms with Gasteiger partial charge in [-0.05, 0) is 17.7 Å². The van der Waals surface area contributed by atoms with Crippen molar-refractivity contribution >= 4 is 30.0 Å². The van der Waals surface area contributed by atoms with Gasteiger partial charge in [-0.3, -0.25) is 4.79 Å². The minimum absolute atomic E-state index is 0. The largest absolute Gasteiger partial charge is 0.481 e. The Hall–Kier alpha value is -0.770. The van der Waals surface area contributed by atoms with E-state index < -0.39 is 12.0 Å². The van der Waals surface area contributed by atoms with Gasteiger partial charge in [-0.2, -0.15) is 0 Å². The van der Waals surface area contributed by atoms with Gasteiger partial charge in [0.05, 0.1) is 6.42 Å². The summed E-state index contributed by atoms with van der Waals surface area (Å²) in [6.07, 6.45) is -0.0678. The van der Waals surface area contributed by atoms with Crippen LogP contribution in [0.4, 0.5) is 0 Å². The molecule has 0 fully saturated rings. The molecule has 0 heterocycles. The fourth-order valence-corrected chi connectivity index (χ4v) is 1.14. The lowest BCUT2D eigenvalue weighted by molar-refractivity contribution is -0.137. The van der Waals surface area contributed by atoms with Gasteiger partial charge in [0.25, 0.3) is 0 Å². The van der Waals surface area contributed by atoms with Crippen LogP contribution >= 0.6 is 24.0 Å². The predicted octanol–water partition coefficient (Wildman–Crippen LogP) is 2.24. The summed E-state index contributed by atoms with van der Waals surface area (Å²) in [5.74, 6) is -0.901. The second-order valence-corrected chi connectivity index (χ2v) is 3.19. The van der Waals surface area contributed by atoms with Crippen molar-refractivity contribution in [3.05, 3.63) is 34.9 Å². The molecule has 1 rings (SSSR count). The van der Waals surface area contributed by atoms with Gasteiger partial charge >= 0.3 is 5.97 Å². The molecule has 1 aromatic rings. The van der Waals surface area contributed by atoms with Crippen molar-refractivity contribution in [3.63, 3.8) is 0 Å². The number of carboxylic acid groups (broad SMARTS) is 1. The Morgan fingerprint density at radius 3 is 2.36 bits per heavy atom. The smallest absolute Gasteiger partial charge is 0.305 e. The second-order valence-electron chi connectivity index (χ2n) is 2.76. The predicted molar refractivity (Wildman–Crippen MR) is 57.9 cm³/mol. The van der Waals surface area contributed by atoms with Crippen LogP contribution in [-0.4, -0.2) is 11.1 Å². The van der Waals surface area contributed by atoms with Crippen LogP contribution in [0.15, 0.2) is 24.3 Å². The summed E-state index contributed by atoms with van der Waals surface area (Å²) in [4.78, 5) is 10.3. The number of hydrogen-bond acceptors (Lipinski definition) is 2. The zero-order chi connectivity index (χ0) is 9.84. The number of rotatable bonds is 3. The van der Waals surface area contributed by atoms with Gasteiger partial charge in [-0.15, -0.1) is 12.4 Å². The van der Waals surface area contributed by atoms with Crippen LogP contribution in [-0.2, 0) is 4.79 Å². The van der Waals surface area contributed by atoms with Crippen molar-refractivity contribution in [2.75, 3.05) is 0 Å². The molecule has 0 saturated carbocycles. The number of hydrogen-bond donors (Lipinski definition) is 2. The van der Waals surface area contributed by atoms with Crippen LogP contribution in [0.25, 0.3) is 0 Å². The first kappa shape index (κ1) is 13.2. The molecule has 0 aliphatic rings. The van der Waals surface area contributed by atoms with Crippen molar-refractivity contribution in [3.8, 4) is 0 Å². The Bertz CT molecular complexity index is 300. The summed E-state index contributed by atoms with van der Waals surface area (Å²) in [5, 5.41) is 9.11. The highest BCUT2D eigenvalue weighted by atomic mass is 35.5. The fraction of sp³-hybridized carbons (Fsp3) is 0.222. The van der Waals surface area contributed by atoms with Gasteiger partial charge in [-0.1, -0.05) is 23.7 Å². The van der Waals surface area contributed by atoms with E-state index in [9.17, 15) is 4.79 Å². The lowest BCUT2D eigenvalue weighted by atomic mass is 10.1. The van der Waals surface area contributed by atoms with Crippen LogP contribution < -0.4 is 5.73 Å². The van der Waals surface area contributed by atoms with E-state index >= 15 is 0 Å². The first-order valence-electron chi connectivity index (χ1n) is 3.82. The van der Waals surface area contributed by atoms with Crippen molar-refractivity contribution in [2.45, 2.75) is 12.5 Å². The molecular formula is C9H11Cl2NO2. The Labute approximate surface area is 93.3 Å². The molecule has 3 N–H and O–H groups in total. The van der Waals surface area contributed by atoms with Gasteiger partial charge in [0, 0.05) is 11.1 Å². The average molecular weight is 236 g/mol. The number of halogens is 2. The number of benzene rings is 1. The lowest BCUT2D eigenvalue weighted by Crippen LogP contribution is -2.14. The molecule has 3 nitrogen and oxygen atoms in total. The molecule has 5 heteroatoms. The maximum atomic E-state index is 10.3. The summed E-state index contributed by atoms with van der Waals surface area (Å²) in [7, 11) is 0. The highest BCUT2D eigenvalue weighted by Gasteiger charge is 2.09. The standard InChI is InChI=1S/C9H10ClNO2.ClH/c10-7-3-1-6(2-4-7)8(11)5-9(12)13;/h1-4,8H,5,11H2,(H,12,13);1H. The zero-order valence-corrected chi connectivity index (χ0v) is 8.89. The SMILES string of the molecule is Cl.NC(CC(=O)O)c1ccc(Cl)cc1. The summed E-state index contributed by atoms with van der Waals surface area (Å²) in [6, 6.07) is 6.39. The first-order valence-corrected chi connectivity index (χ1v) is 4.20. The summed E-state index contributed by atoms with van der Waals surface area (Å²) in [5.41, 5.74) is 6.41. The van der Waals surface area contributed by atoms with Gasteiger partial charge < -0.3 is 10.8 Å². The third-order valence-corrected chi connectivity index (χ3v) is 1.94. The summed E-state index contributed by atoms with van der Waals surface area (Å²) in [6.45, 7) is 0. The summed E-state index contributed by atoms with van der Waals surface area (Å²) < 4.78 is 0. The Morgan fingerprint density at radius 1 is 1.43 bits per heavy atom. The summed E-state index contributed by atoms with van der Waals surface area (Å²) >= 11 is 5.66. The Kier molecular flexibility index (Phi) is 5.53. The molecule has 0 spiro atoms. The fourth-order valence-electron chi connectivity index (χ4n) is 1.02. The highest BCUT2D eigenvalue weighted by Crippen LogP contribution is 2.16. The zero-order valence-electron chi connectivity index (χ0n) is 7.31. The Balaban J connectivity index is 0.00000169. The molecule has 14 heavy (non-hydrogen) atoms. The second kappa shape index (κ2) is 5.86. The van der Waals surface area contributed by atoms with Gasteiger partial charge in [0.15, 0.2) is 0 Å². The van der Waals surface area contributed by atoms with Gasteiger partial charge in [0.2, 0.25) is 0 Å². The average Bonchev–Trinajstić information content (AvgIpc) is 2.04. The number of aliphatic carboxylic acids is 1.